The Morgan fingerprint density at radius 1 is 1.33 bits per heavy atom. The van der Waals surface area contributed by atoms with Crippen LogP contribution in [0.2, 0.25) is 0 Å². The maximum absolute atomic E-state index is 8.99. The van der Waals surface area contributed by atoms with Gasteiger partial charge in [0.05, 0.1) is 13.2 Å². The maximum Gasteiger partial charge on any atom is 0.0565 e. The van der Waals surface area contributed by atoms with Crippen LogP contribution in [0.15, 0.2) is 0 Å². The number of thioether (sulfide) groups is 1. The number of aliphatic hydroxyl groups is 2. The quantitative estimate of drug-likeness (QED) is 0.558. The molecular weight excluding hydrogens is 174 g/mol. The van der Waals surface area contributed by atoms with Crippen molar-refractivity contribution in [2.45, 2.75) is 25.1 Å². The van der Waals surface area contributed by atoms with Crippen LogP contribution in [-0.2, 0) is 0 Å². The third kappa shape index (κ3) is 4.30. The van der Waals surface area contributed by atoms with Crippen LogP contribution in [0.3, 0.4) is 0 Å². The number of hydrogen-bond acceptors (Lipinski definition) is 4. The number of aliphatic hydroxyl groups excluding tert-OH is 2. The second kappa shape index (κ2) is 6.71. The molecule has 74 valence electrons. The van der Waals surface area contributed by atoms with Crippen molar-refractivity contribution in [2.75, 3.05) is 19.0 Å². The molecule has 0 amide bonds. The molecule has 4 heteroatoms. The smallest absolute Gasteiger partial charge is 0.0565 e. The van der Waals surface area contributed by atoms with Gasteiger partial charge in [0.2, 0.25) is 0 Å². The zero-order valence-corrected chi connectivity index (χ0v) is 8.55. The summed E-state index contributed by atoms with van der Waals surface area (Å²) >= 11 is 1.53. The molecule has 2 unspecified atom stereocenters. The minimum atomic E-state index is 0.00606. The van der Waals surface area contributed by atoms with Gasteiger partial charge in [-0.05, 0) is 5.92 Å². The van der Waals surface area contributed by atoms with E-state index in [0.717, 1.165) is 0 Å². The van der Waals surface area contributed by atoms with Crippen LogP contribution in [0.25, 0.3) is 0 Å². The molecular formula is C8H19NO2S. The Balaban J connectivity index is 3.79. The number of rotatable bonds is 6. The summed E-state index contributed by atoms with van der Waals surface area (Å²) in [6.07, 6.45) is 0. The van der Waals surface area contributed by atoms with E-state index < -0.39 is 0 Å². The molecule has 0 aromatic carbocycles. The van der Waals surface area contributed by atoms with E-state index in [9.17, 15) is 0 Å². The summed E-state index contributed by atoms with van der Waals surface area (Å²) in [5.74, 6) is 1.01. The molecule has 0 spiro atoms. The Labute approximate surface area is 78.3 Å². The van der Waals surface area contributed by atoms with E-state index in [1.165, 1.54) is 11.8 Å². The van der Waals surface area contributed by atoms with Crippen LogP contribution in [0, 0.1) is 5.92 Å². The highest BCUT2D eigenvalue weighted by Crippen LogP contribution is 2.17. The lowest BCUT2D eigenvalue weighted by Gasteiger charge is -2.24. The lowest BCUT2D eigenvalue weighted by atomic mass is 10.0. The van der Waals surface area contributed by atoms with Gasteiger partial charge in [-0.2, -0.15) is 11.8 Å². The van der Waals surface area contributed by atoms with Gasteiger partial charge in [0.1, 0.15) is 0 Å². The average Bonchev–Trinajstić information content (AvgIpc) is 2.05. The molecule has 4 N–H and O–H groups in total. The van der Waals surface area contributed by atoms with E-state index >= 15 is 0 Å². The molecule has 0 radical (unpaired) electrons. The zero-order chi connectivity index (χ0) is 9.56. The van der Waals surface area contributed by atoms with Crippen molar-refractivity contribution in [1.82, 2.24) is 0 Å². The molecule has 0 saturated heterocycles. The monoisotopic (exact) mass is 193 g/mol. The summed E-state index contributed by atoms with van der Waals surface area (Å²) in [5.41, 5.74) is 5.85. The van der Waals surface area contributed by atoms with E-state index in [1.54, 1.807) is 0 Å². The molecule has 0 rings (SSSR count). The van der Waals surface area contributed by atoms with Gasteiger partial charge in [0, 0.05) is 17.0 Å². The summed E-state index contributed by atoms with van der Waals surface area (Å²) in [7, 11) is 0. The molecule has 0 aliphatic carbocycles. The van der Waals surface area contributed by atoms with Crippen LogP contribution in [0.4, 0.5) is 0 Å². The van der Waals surface area contributed by atoms with Gasteiger partial charge in [-0.3, -0.25) is 0 Å². The predicted molar refractivity (Wildman–Crippen MR) is 53.2 cm³/mol. The Morgan fingerprint density at radius 3 is 2.25 bits per heavy atom. The standard InChI is InChI=1S/C8H19NO2S/c1-6(2)8(9)7(5-11)12-4-3-10/h6-8,10-11H,3-5,9H2,1-2H3. The van der Waals surface area contributed by atoms with Crippen LogP contribution < -0.4 is 5.73 Å². The van der Waals surface area contributed by atoms with Gasteiger partial charge >= 0.3 is 0 Å². The molecule has 2 atom stereocenters. The molecule has 0 bridgehead atoms. The minimum absolute atomic E-state index is 0.00606. The minimum Gasteiger partial charge on any atom is -0.396 e. The molecule has 0 heterocycles. The summed E-state index contributed by atoms with van der Waals surface area (Å²) in [6, 6.07) is 0.00606. The summed E-state index contributed by atoms with van der Waals surface area (Å²) in [4.78, 5) is 0. The van der Waals surface area contributed by atoms with Crippen molar-refractivity contribution in [3.05, 3.63) is 0 Å². The van der Waals surface area contributed by atoms with E-state index in [1.807, 2.05) is 13.8 Å². The first kappa shape index (κ1) is 12.2. The second-order valence-electron chi connectivity index (χ2n) is 3.14. The molecule has 0 aliphatic heterocycles. The molecule has 0 saturated carbocycles. The number of hydrogen-bond donors (Lipinski definition) is 3. The molecule has 3 nitrogen and oxygen atoms in total. The highest BCUT2D eigenvalue weighted by atomic mass is 32.2. The molecule has 0 aromatic rings. The van der Waals surface area contributed by atoms with E-state index in [0.29, 0.717) is 11.7 Å². The van der Waals surface area contributed by atoms with Crippen LogP contribution in [0.5, 0.6) is 0 Å². The Kier molecular flexibility index (Phi) is 6.84. The maximum atomic E-state index is 8.99. The van der Waals surface area contributed by atoms with Crippen LogP contribution in [0.1, 0.15) is 13.8 Å². The van der Waals surface area contributed by atoms with Crippen LogP contribution >= 0.6 is 11.8 Å². The van der Waals surface area contributed by atoms with Gasteiger partial charge in [-0.15, -0.1) is 0 Å². The largest absolute Gasteiger partial charge is 0.396 e. The van der Waals surface area contributed by atoms with E-state index in [-0.39, 0.29) is 24.5 Å². The SMILES string of the molecule is CC(C)C(N)C(CO)SCCO. The van der Waals surface area contributed by atoms with Crippen LogP contribution in [-0.4, -0.2) is 40.5 Å². The highest BCUT2D eigenvalue weighted by molar-refractivity contribution is 8.00. The van der Waals surface area contributed by atoms with Crippen molar-refractivity contribution in [1.29, 1.82) is 0 Å². The van der Waals surface area contributed by atoms with Crippen molar-refractivity contribution in [3.8, 4) is 0 Å². The fourth-order valence-corrected chi connectivity index (χ4v) is 1.97. The zero-order valence-electron chi connectivity index (χ0n) is 7.73. The lowest BCUT2D eigenvalue weighted by molar-refractivity contribution is 0.268. The highest BCUT2D eigenvalue weighted by Gasteiger charge is 2.19. The van der Waals surface area contributed by atoms with Crippen molar-refractivity contribution in [2.24, 2.45) is 11.7 Å². The fraction of sp³-hybridized carbons (Fsp3) is 1.00. The molecule has 12 heavy (non-hydrogen) atoms. The lowest BCUT2D eigenvalue weighted by Crippen LogP contribution is -2.39. The summed E-state index contributed by atoms with van der Waals surface area (Å²) < 4.78 is 0. The van der Waals surface area contributed by atoms with Gasteiger partial charge in [0.15, 0.2) is 0 Å². The van der Waals surface area contributed by atoms with E-state index in [4.69, 9.17) is 15.9 Å². The Morgan fingerprint density at radius 2 is 1.92 bits per heavy atom. The van der Waals surface area contributed by atoms with Crippen molar-refractivity contribution < 1.29 is 10.2 Å². The first-order valence-corrected chi connectivity index (χ1v) is 5.27. The normalized spacial score (nSPS) is 16.5. The summed E-state index contributed by atoms with van der Waals surface area (Å²) in [6.45, 7) is 4.30. The predicted octanol–water partition coefficient (Wildman–Crippen LogP) is 0.0561. The Hall–Kier alpha value is 0.230. The fourth-order valence-electron chi connectivity index (χ4n) is 0.919. The van der Waals surface area contributed by atoms with Crippen molar-refractivity contribution >= 4 is 11.8 Å². The summed E-state index contributed by atoms with van der Waals surface area (Å²) in [5, 5.41) is 17.6. The topological polar surface area (TPSA) is 66.5 Å². The first-order chi connectivity index (χ1) is 5.63. The number of nitrogens with two attached hydrogens (primary N) is 1. The Bertz CT molecular complexity index is 111. The third-order valence-electron chi connectivity index (χ3n) is 1.80. The van der Waals surface area contributed by atoms with Gasteiger partial charge < -0.3 is 15.9 Å². The average molecular weight is 193 g/mol. The molecule has 0 fully saturated rings. The third-order valence-corrected chi connectivity index (χ3v) is 3.11. The van der Waals surface area contributed by atoms with E-state index in [2.05, 4.69) is 0 Å². The second-order valence-corrected chi connectivity index (χ2v) is 4.48. The van der Waals surface area contributed by atoms with Gasteiger partial charge in [-0.25, -0.2) is 0 Å². The van der Waals surface area contributed by atoms with Crippen molar-refractivity contribution in [3.63, 3.8) is 0 Å². The molecule has 0 aromatic heterocycles. The first-order valence-electron chi connectivity index (χ1n) is 4.22. The van der Waals surface area contributed by atoms with Gasteiger partial charge in [0.25, 0.3) is 0 Å². The van der Waals surface area contributed by atoms with Gasteiger partial charge in [-0.1, -0.05) is 13.8 Å². The molecule has 0 aliphatic rings.